The van der Waals surface area contributed by atoms with Gasteiger partial charge in [0.15, 0.2) is 0 Å². The van der Waals surface area contributed by atoms with Gasteiger partial charge in [-0.15, -0.1) is 0 Å². The van der Waals surface area contributed by atoms with Crippen LogP contribution in [0.25, 0.3) is 0 Å². The van der Waals surface area contributed by atoms with E-state index >= 15 is 0 Å². The molecule has 2 heteroatoms. The van der Waals surface area contributed by atoms with Crippen molar-refractivity contribution in [2.75, 3.05) is 5.32 Å². The van der Waals surface area contributed by atoms with Crippen LogP contribution in [0.15, 0.2) is 18.2 Å². The van der Waals surface area contributed by atoms with Crippen LogP contribution >= 0.6 is 0 Å². The number of fused-ring (bicyclic) bond motifs is 3. The summed E-state index contributed by atoms with van der Waals surface area (Å²) in [5, 5.41) is 12.7. The van der Waals surface area contributed by atoms with Crippen molar-refractivity contribution < 1.29 is 0 Å². The summed E-state index contributed by atoms with van der Waals surface area (Å²) >= 11 is 0. The number of nitrogens with one attached hydrogen (secondary N) is 1. The van der Waals surface area contributed by atoms with Gasteiger partial charge in [-0.3, -0.25) is 0 Å². The van der Waals surface area contributed by atoms with E-state index in [1.165, 1.54) is 36.9 Å². The first-order valence-electron chi connectivity index (χ1n) is 6.42. The minimum absolute atomic E-state index is 0.168. The Bertz CT molecular complexity index is 514. The number of rotatable bonds is 0. The summed E-state index contributed by atoms with van der Waals surface area (Å²) in [5.41, 5.74) is 3.71. The largest absolute Gasteiger partial charge is 0.379 e. The van der Waals surface area contributed by atoms with Crippen molar-refractivity contribution in [3.05, 3.63) is 29.3 Å². The third-order valence-corrected chi connectivity index (χ3v) is 4.98. The molecule has 1 aliphatic carbocycles. The first kappa shape index (κ1) is 10.7. The summed E-state index contributed by atoms with van der Waals surface area (Å²) in [6.07, 6.45) is 5.04. The van der Waals surface area contributed by atoms with Crippen molar-refractivity contribution in [3.8, 4) is 6.07 Å². The Balaban J connectivity index is 2.17. The monoisotopic (exact) mass is 226 g/mol. The van der Waals surface area contributed by atoms with Crippen LogP contribution < -0.4 is 5.32 Å². The predicted molar refractivity (Wildman–Crippen MR) is 69.0 cm³/mol. The van der Waals surface area contributed by atoms with Crippen molar-refractivity contribution in [3.63, 3.8) is 0 Å². The fourth-order valence-corrected chi connectivity index (χ4v) is 3.62. The lowest BCUT2D eigenvalue weighted by Crippen LogP contribution is -2.50. The smallest absolute Gasteiger partial charge is 0.0991 e. The van der Waals surface area contributed by atoms with E-state index in [0.717, 1.165) is 5.56 Å². The van der Waals surface area contributed by atoms with E-state index in [0.29, 0.717) is 0 Å². The molecule has 0 amide bonds. The first-order chi connectivity index (χ1) is 8.09. The lowest BCUT2D eigenvalue weighted by molar-refractivity contribution is 0.214. The molecule has 1 aromatic rings. The topological polar surface area (TPSA) is 35.8 Å². The predicted octanol–water partition coefficient (Wildman–Crippen LogP) is 3.57. The molecule has 0 aromatic heterocycles. The normalized spacial score (nSPS) is 34.4. The number of anilines is 1. The Hall–Kier alpha value is -1.49. The molecule has 0 spiro atoms. The third-order valence-electron chi connectivity index (χ3n) is 4.98. The van der Waals surface area contributed by atoms with Gasteiger partial charge in [0, 0.05) is 16.6 Å². The fraction of sp³-hybridized carbons (Fsp3) is 0.533. The average Bonchev–Trinajstić information content (AvgIpc) is 2.57. The number of hydrogen-bond donors (Lipinski definition) is 1. The summed E-state index contributed by atoms with van der Waals surface area (Å²) in [5.74, 6) is 0. The van der Waals surface area contributed by atoms with Gasteiger partial charge >= 0.3 is 0 Å². The summed E-state index contributed by atoms with van der Waals surface area (Å²) in [7, 11) is 0. The number of nitriles is 1. The molecule has 3 rings (SSSR count). The van der Waals surface area contributed by atoms with Crippen LogP contribution in [0.5, 0.6) is 0 Å². The zero-order valence-electron chi connectivity index (χ0n) is 10.5. The molecule has 0 radical (unpaired) electrons. The van der Waals surface area contributed by atoms with Gasteiger partial charge in [-0.2, -0.15) is 5.26 Å². The highest BCUT2D eigenvalue weighted by Gasteiger charge is 2.52. The molecule has 1 fully saturated rings. The molecular weight excluding hydrogens is 208 g/mol. The number of hydrogen-bond acceptors (Lipinski definition) is 2. The molecule has 2 unspecified atom stereocenters. The highest BCUT2D eigenvalue weighted by molar-refractivity contribution is 5.66. The Labute approximate surface area is 103 Å². The van der Waals surface area contributed by atoms with E-state index in [1.807, 2.05) is 6.07 Å². The molecule has 0 bridgehead atoms. The van der Waals surface area contributed by atoms with Gasteiger partial charge < -0.3 is 5.32 Å². The van der Waals surface area contributed by atoms with E-state index in [2.05, 4.69) is 37.4 Å². The maximum Gasteiger partial charge on any atom is 0.0991 e. The zero-order chi connectivity index (χ0) is 12.1. The Morgan fingerprint density at radius 1 is 1.24 bits per heavy atom. The maximum absolute atomic E-state index is 9.04. The molecule has 17 heavy (non-hydrogen) atoms. The molecule has 1 aliphatic heterocycles. The van der Waals surface area contributed by atoms with Crippen molar-refractivity contribution in [2.45, 2.75) is 50.5 Å². The Morgan fingerprint density at radius 2 is 2.00 bits per heavy atom. The van der Waals surface area contributed by atoms with E-state index in [4.69, 9.17) is 5.26 Å². The fourth-order valence-electron chi connectivity index (χ4n) is 3.62. The van der Waals surface area contributed by atoms with E-state index < -0.39 is 0 Å². The van der Waals surface area contributed by atoms with Crippen LogP contribution in [0.4, 0.5) is 5.69 Å². The molecule has 88 valence electrons. The van der Waals surface area contributed by atoms with E-state index in [-0.39, 0.29) is 11.0 Å². The molecule has 1 saturated carbocycles. The minimum Gasteiger partial charge on any atom is -0.379 e. The van der Waals surface area contributed by atoms with Gasteiger partial charge in [-0.05, 0) is 43.5 Å². The minimum atomic E-state index is 0.168. The van der Waals surface area contributed by atoms with Gasteiger partial charge in [0.05, 0.1) is 11.6 Å². The zero-order valence-corrected chi connectivity index (χ0v) is 10.5. The molecule has 2 nitrogen and oxygen atoms in total. The molecule has 2 aliphatic rings. The first-order valence-corrected chi connectivity index (χ1v) is 6.42. The van der Waals surface area contributed by atoms with Crippen molar-refractivity contribution >= 4 is 5.69 Å². The number of nitrogens with zero attached hydrogens (tertiary/aromatic N) is 1. The molecular formula is C15H18N2. The Morgan fingerprint density at radius 3 is 2.76 bits per heavy atom. The highest BCUT2D eigenvalue weighted by Crippen LogP contribution is 2.54. The molecule has 1 N–H and O–H groups in total. The van der Waals surface area contributed by atoms with Crippen LogP contribution in [0.3, 0.4) is 0 Å². The van der Waals surface area contributed by atoms with E-state index in [9.17, 15) is 0 Å². The van der Waals surface area contributed by atoms with E-state index in [1.54, 1.807) is 0 Å². The standard InChI is InChI=1S/C15H18N2/c1-14-7-3-4-8-15(14,2)17-13-6-5-11(10-16)9-12(13)14/h5-6,9,17H,3-4,7-8H2,1-2H3. The molecule has 2 atom stereocenters. The highest BCUT2D eigenvalue weighted by atomic mass is 15.0. The van der Waals surface area contributed by atoms with Gasteiger partial charge in [0.25, 0.3) is 0 Å². The van der Waals surface area contributed by atoms with Crippen molar-refractivity contribution in [1.29, 1.82) is 5.26 Å². The van der Waals surface area contributed by atoms with Crippen molar-refractivity contribution in [1.82, 2.24) is 0 Å². The average molecular weight is 226 g/mol. The summed E-state index contributed by atoms with van der Waals surface area (Å²) < 4.78 is 0. The van der Waals surface area contributed by atoms with Gasteiger partial charge in [-0.1, -0.05) is 19.8 Å². The maximum atomic E-state index is 9.04. The Kier molecular flexibility index (Phi) is 2.04. The summed E-state index contributed by atoms with van der Waals surface area (Å²) in [4.78, 5) is 0. The third kappa shape index (κ3) is 1.26. The van der Waals surface area contributed by atoms with Crippen molar-refractivity contribution in [2.24, 2.45) is 0 Å². The second-order valence-electron chi connectivity index (χ2n) is 5.87. The second kappa shape index (κ2) is 3.26. The van der Waals surface area contributed by atoms with Gasteiger partial charge in [-0.25, -0.2) is 0 Å². The quantitative estimate of drug-likeness (QED) is 0.734. The van der Waals surface area contributed by atoms with Crippen LogP contribution in [0.1, 0.15) is 50.7 Å². The summed E-state index contributed by atoms with van der Waals surface area (Å²) in [6.45, 7) is 4.68. The van der Waals surface area contributed by atoms with Crippen LogP contribution in [-0.4, -0.2) is 5.54 Å². The van der Waals surface area contributed by atoms with Gasteiger partial charge in [0.2, 0.25) is 0 Å². The van der Waals surface area contributed by atoms with Gasteiger partial charge in [0.1, 0.15) is 0 Å². The second-order valence-corrected chi connectivity index (χ2v) is 5.87. The number of benzene rings is 1. The van der Waals surface area contributed by atoms with Crippen LogP contribution in [0.2, 0.25) is 0 Å². The lowest BCUT2D eigenvalue weighted by atomic mass is 9.62. The van der Waals surface area contributed by atoms with Crippen LogP contribution in [0, 0.1) is 11.3 Å². The van der Waals surface area contributed by atoms with Crippen LogP contribution in [-0.2, 0) is 5.41 Å². The molecule has 1 aromatic carbocycles. The SMILES string of the molecule is CC12CCCCC1(C)c1cc(C#N)ccc1N2. The summed E-state index contributed by atoms with van der Waals surface area (Å²) in [6, 6.07) is 8.32. The molecule has 1 heterocycles. The molecule has 0 saturated heterocycles. The lowest BCUT2D eigenvalue weighted by Gasteiger charge is -2.45.